The van der Waals surface area contributed by atoms with Gasteiger partial charge in [-0.3, -0.25) is 9.98 Å². The highest BCUT2D eigenvalue weighted by molar-refractivity contribution is 5.71. The molecule has 1 aromatic heterocycles. The normalized spacial score (nSPS) is 12.9. The van der Waals surface area contributed by atoms with Gasteiger partial charge in [0.2, 0.25) is 0 Å². The summed E-state index contributed by atoms with van der Waals surface area (Å²) in [6.45, 7) is 9.42. The molecule has 1 heterocycles. The van der Waals surface area contributed by atoms with E-state index in [9.17, 15) is 13.2 Å². The van der Waals surface area contributed by atoms with Crippen LogP contribution >= 0.6 is 0 Å². The van der Waals surface area contributed by atoms with Crippen molar-refractivity contribution < 1.29 is 17.9 Å². The molecule has 9 heteroatoms. The molecule has 0 amide bonds. The summed E-state index contributed by atoms with van der Waals surface area (Å²) in [7, 11) is 1.80. The SMILES string of the molecule is C=C/C(=C\N=CC)c1nccn(C)/c1=N\C(=C)Nc1ccc(OC(F)(F)F)cc1. The summed E-state index contributed by atoms with van der Waals surface area (Å²) >= 11 is 0. The standard InChI is InChI=1S/C20H20F3N5O/c1-5-15(13-24-6-2)18-19(28(4)12-11-25-18)27-14(3)26-16-7-9-17(10-8-16)29-20(21,22)23/h5-13,26H,1,3H2,2,4H3/b15-13+,24-6?,27-19-. The number of hydrogen-bond acceptors (Lipinski definition) is 5. The van der Waals surface area contributed by atoms with Gasteiger partial charge in [0.1, 0.15) is 17.3 Å². The number of nitrogens with zero attached hydrogens (tertiary/aromatic N) is 4. The van der Waals surface area contributed by atoms with E-state index in [4.69, 9.17) is 0 Å². The van der Waals surface area contributed by atoms with E-state index in [1.54, 1.807) is 49.4 Å². The van der Waals surface area contributed by atoms with Crippen LogP contribution in [0.3, 0.4) is 0 Å². The number of halogens is 3. The lowest BCUT2D eigenvalue weighted by Gasteiger charge is -2.11. The largest absolute Gasteiger partial charge is 0.573 e. The molecule has 0 unspecified atom stereocenters. The zero-order valence-corrected chi connectivity index (χ0v) is 15.9. The fourth-order valence-corrected chi connectivity index (χ4v) is 2.27. The quantitative estimate of drug-likeness (QED) is 0.550. The summed E-state index contributed by atoms with van der Waals surface area (Å²) in [4.78, 5) is 12.9. The number of anilines is 1. The minimum Gasteiger partial charge on any atom is -0.406 e. The zero-order chi connectivity index (χ0) is 21.4. The van der Waals surface area contributed by atoms with E-state index >= 15 is 0 Å². The van der Waals surface area contributed by atoms with Crippen molar-refractivity contribution in [2.24, 2.45) is 17.0 Å². The molecule has 0 bridgehead atoms. The molecule has 2 aromatic rings. The van der Waals surface area contributed by atoms with E-state index in [1.807, 2.05) is 0 Å². The highest BCUT2D eigenvalue weighted by Gasteiger charge is 2.30. The number of aromatic nitrogens is 2. The van der Waals surface area contributed by atoms with Crippen molar-refractivity contribution >= 4 is 17.5 Å². The van der Waals surface area contributed by atoms with Gasteiger partial charge in [0.15, 0.2) is 5.49 Å². The number of ether oxygens (including phenoxy) is 1. The van der Waals surface area contributed by atoms with Crippen LogP contribution in [0.15, 0.2) is 77.9 Å². The van der Waals surface area contributed by atoms with Gasteiger partial charge >= 0.3 is 6.36 Å². The van der Waals surface area contributed by atoms with Gasteiger partial charge in [-0.25, -0.2) is 4.99 Å². The summed E-state index contributed by atoms with van der Waals surface area (Å²) in [6.07, 6.45) is 3.47. The van der Waals surface area contributed by atoms with Crippen LogP contribution < -0.4 is 15.5 Å². The van der Waals surface area contributed by atoms with E-state index in [0.29, 0.717) is 22.4 Å². The molecule has 2 rings (SSSR count). The third-order valence-corrected chi connectivity index (χ3v) is 3.51. The van der Waals surface area contributed by atoms with Crippen molar-refractivity contribution in [3.05, 3.63) is 79.1 Å². The number of rotatable bonds is 7. The first-order valence-electron chi connectivity index (χ1n) is 8.42. The Kier molecular flexibility index (Phi) is 7.13. The second kappa shape index (κ2) is 9.54. The van der Waals surface area contributed by atoms with E-state index in [1.165, 1.54) is 24.3 Å². The predicted octanol–water partition coefficient (Wildman–Crippen LogP) is 4.42. The summed E-state index contributed by atoms with van der Waals surface area (Å²) in [5, 5.41) is 2.92. The van der Waals surface area contributed by atoms with E-state index < -0.39 is 6.36 Å². The van der Waals surface area contributed by atoms with Crippen LogP contribution in [0.4, 0.5) is 18.9 Å². The molecule has 6 nitrogen and oxygen atoms in total. The van der Waals surface area contributed by atoms with Crippen LogP contribution in [0.1, 0.15) is 12.6 Å². The molecular weight excluding hydrogens is 383 g/mol. The highest BCUT2D eigenvalue weighted by atomic mass is 19.4. The van der Waals surface area contributed by atoms with Gasteiger partial charge in [-0.05, 0) is 31.2 Å². The van der Waals surface area contributed by atoms with Crippen LogP contribution in [-0.2, 0) is 7.05 Å². The Bertz CT molecular complexity index is 1000. The molecule has 29 heavy (non-hydrogen) atoms. The van der Waals surface area contributed by atoms with Gasteiger partial charge < -0.3 is 14.6 Å². The van der Waals surface area contributed by atoms with Crippen molar-refractivity contribution in [3.63, 3.8) is 0 Å². The number of aryl methyl sites for hydroxylation is 1. The number of benzene rings is 1. The third kappa shape index (κ3) is 6.49. The zero-order valence-electron chi connectivity index (χ0n) is 15.9. The van der Waals surface area contributed by atoms with Crippen molar-refractivity contribution in [1.82, 2.24) is 9.55 Å². The maximum atomic E-state index is 12.2. The van der Waals surface area contributed by atoms with Crippen LogP contribution in [0.2, 0.25) is 0 Å². The molecule has 0 atom stereocenters. The number of hydrogen-bond donors (Lipinski definition) is 1. The molecule has 152 valence electrons. The summed E-state index contributed by atoms with van der Waals surface area (Å²) in [5.74, 6) is -0.0504. The molecule has 1 aromatic carbocycles. The van der Waals surface area contributed by atoms with Crippen molar-refractivity contribution in [3.8, 4) is 5.75 Å². The smallest absolute Gasteiger partial charge is 0.406 e. The maximum absolute atomic E-state index is 12.2. The molecular formula is C20H20F3N5O. The number of nitrogens with one attached hydrogen (secondary N) is 1. The summed E-state index contributed by atoms with van der Waals surface area (Å²) in [5.41, 5.74) is 2.21. The van der Waals surface area contributed by atoms with E-state index in [2.05, 4.69) is 38.2 Å². The first-order chi connectivity index (χ1) is 13.7. The van der Waals surface area contributed by atoms with Gasteiger partial charge in [-0.15, -0.1) is 13.2 Å². The third-order valence-electron chi connectivity index (χ3n) is 3.51. The Morgan fingerprint density at radius 2 is 1.97 bits per heavy atom. The average molecular weight is 403 g/mol. The number of alkyl halides is 3. The Labute approximate surface area is 166 Å². The Morgan fingerprint density at radius 1 is 1.28 bits per heavy atom. The van der Waals surface area contributed by atoms with Gasteiger partial charge in [-0.1, -0.05) is 19.2 Å². The topological polar surface area (TPSA) is 63.8 Å². The van der Waals surface area contributed by atoms with Gasteiger partial charge in [0.25, 0.3) is 0 Å². The number of allylic oxidation sites excluding steroid dienone is 2. The average Bonchev–Trinajstić information content (AvgIpc) is 2.65. The van der Waals surface area contributed by atoms with Crippen LogP contribution in [0, 0.1) is 0 Å². The summed E-state index contributed by atoms with van der Waals surface area (Å²) < 4.78 is 42.3. The first-order valence-corrected chi connectivity index (χ1v) is 8.42. The summed E-state index contributed by atoms with van der Waals surface area (Å²) in [6, 6.07) is 5.24. The molecule has 0 aliphatic carbocycles. The van der Waals surface area contributed by atoms with Crippen molar-refractivity contribution in [2.75, 3.05) is 5.32 Å². The predicted molar refractivity (Wildman–Crippen MR) is 107 cm³/mol. The van der Waals surface area contributed by atoms with Crippen LogP contribution in [0.25, 0.3) is 5.57 Å². The molecule has 0 saturated carbocycles. The fourth-order valence-electron chi connectivity index (χ4n) is 2.27. The van der Waals surface area contributed by atoms with Crippen molar-refractivity contribution in [2.45, 2.75) is 13.3 Å². The Balaban J connectivity index is 2.30. The second-order valence-corrected chi connectivity index (χ2v) is 5.66. The molecule has 0 aliphatic rings. The minimum atomic E-state index is -4.74. The van der Waals surface area contributed by atoms with Gasteiger partial charge in [0.05, 0.1) is 0 Å². The molecule has 0 saturated heterocycles. The van der Waals surface area contributed by atoms with Crippen LogP contribution in [-0.4, -0.2) is 22.1 Å². The van der Waals surface area contributed by atoms with Gasteiger partial charge in [-0.2, -0.15) is 0 Å². The fraction of sp³-hybridized carbons (Fsp3) is 0.150. The molecule has 1 N–H and O–H groups in total. The molecule has 0 fully saturated rings. The van der Waals surface area contributed by atoms with E-state index in [-0.39, 0.29) is 11.6 Å². The Morgan fingerprint density at radius 3 is 2.55 bits per heavy atom. The molecule has 0 aliphatic heterocycles. The van der Waals surface area contributed by atoms with Crippen molar-refractivity contribution in [1.29, 1.82) is 0 Å². The lowest BCUT2D eigenvalue weighted by Crippen LogP contribution is -2.24. The maximum Gasteiger partial charge on any atom is 0.573 e. The molecule has 0 radical (unpaired) electrons. The van der Waals surface area contributed by atoms with Gasteiger partial charge in [0, 0.05) is 43.1 Å². The lowest BCUT2D eigenvalue weighted by molar-refractivity contribution is -0.274. The lowest BCUT2D eigenvalue weighted by atomic mass is 10.2. The second-order valence-electron chi connectivity index (χ2n) is 5.66. The number of aliphatic imine (C=N–C) groups is 1. The monoisotopic (exact) mass is 403 g/mol. The first kappa shape index (κ1) is 21.7. The van der Waals surface area contributed by atoms with E-state index in [0.717, 1.165) is 0 Å². The van der Waals surface area contributed by atoms with Crippen LogP contribution in [0.5, 0.6) is 5.75 Å². The minimum absolute atomic E-state index is 0.266. The highest BCUT2D eigenvalue weighted by Crippen LogP contribution is 2.24. The Hall–Kier alpha value is -3.62. The molecule has 0 spiro atoms.